The number of halogens is 1. The number of nitrogens with two attached hydrogens (primary N) is 1. The summed E-state index contributed by atoms with van der Waals surface area (Å²) >= 11 is 1.72. The number of aryl methyl sites for hydroxylation is 1. The predicted octanol–water partition coefficient (Wildman–Crippen LogP) is 4.01. The Balaban J connectivity index is 2.10. The molecule has 0 aromatic heterocycles. The maximum absolute atomic E-state index is 12.9. The van der Waals surface area contributed by atoms with Gasteiger partial charge in [-0.25, -0.2) is 4.39 Å². The van der Waals surface area contributed by atoms with Gasteiger partial charge in [-0.2, -0.15) is 0 Å². The van der Waals surface area contributed by atoms with Gasteiger partial charge in [0.05, 0.1) is 0 Å². The predicted molar refractivity (Wildman–Crippen MR) is 71.6 cm³/mol. The van der Waals surface area contributed by atoms with E-state index in [1.54, 1.807) is 17.8 Å². The highest BCUT2D eigenvalue weighted by Crippen LogP contribution is 2.27. The Morgan fingerprint density at radius 3 is 2.65 bits per heavy atom. The molecule has 88 valence electrons. The molecule has 0 unspecified atom stereocenters. The Morgan fingerprint density at radius 1 is 1.18 bits per heavy atom. The van der Waals surface area contributed by atoms with Crippen molar-refractivity contribution < 1.29 is 4.39 Å². The molecule has 17 heavy (non-hydrogen) atoms. The summed E-state index contributed by atoms with van der Waals surface area (Å²) in [6, 6.07) is 12.8. The van der Waals surface area contributed by atoms with Crippen LogP contribution in [0.1, 0.15) is 11.1 Å². The minimum absolute atomic E-state index is 0.285. The molecule has 0 bridgehead atoms. The third-order valence-electron chi connectivity index (χ3n) is 2.58. The molecule has 3 heteroatoms. The molecule has 0 fully saturated rings. The second kappa shape index (κ2) is 5.23. The summed E-state index contributed by atoms with van der Waals surface area (Å²) < 4.78 is 12.9. The van der Waals surface area contributed by atoms with Gasteiger partial charge in [-0.1, -0.05) is 24.3 Å². The van der Waals surface area contributed by atoms with E-state index in [-0.39, 0.29) is 5.82 Å². The summed E-state index contributed by atoms with van der Waals surface area (Å²) in [5.41, 5.74) is 8.51. The van der Waals surface area contributed by atoms with Crippen LogP contribution in [-0.4, -0.2) is 0 Å². The van der Waals surface area contributed by atoms with Crippen molar-refractivity contribution in [3.8, 4) is 0 Å². The van der Waals surface area contributed by atoms with Gasteiger partial charge in [0.15, 0.2) is 0 Å². The van der Waals surface area contributed by atoms with E-state index in [0.29, 0.717) is 5.69 Å². The first kappa shape index (κ1) is 12.0. The topological polar surface area (TPSA) is 26.0 Å². The number of thioether (sulfide) groups is 1. The first-order valence-electron chi connectivity index (χ1n) is 5.39. The summed E-state index contributed by atoms with van der Waals surface area (Å²) in [6.07, 6.45) is 0. The molecule has 2 aromatic carbocycles. The second-order valence-electron chi connectivity index (χ2n) is 3.90. The fourth-order valence-electron chi connectivity index (χ4n) is 1.57. The number of nitrogen functional groups attached to an aromatic ring is 1. The number of hydrogen-bond donors (Lipinski definition) is 1. The molecule has 0 radical (unpaired) electrons. The summed E-state index contributed by atoms with van der Waals surface area (Å²) in [6.45, 7) is 2.08. The summed E-state index contributed by atoms with van der Waals surface area (Å²) in [4.78, 5) is 1.23. The second-order valence-corrected chi connectivity index (χ2v) is 4.91. The molecule has 0 spiro atoms. The lowest BCUT2D eigenvalue weighted by Gasteiger charge is -2.07. The molecule has 0 atom stereocenters. The lowest BCUT2D eigenvalue weighted by molar-refractivity contribution is 0.628. The van der Waals surface area contributed by atoms with Crippen molar-refractivity contribution in [1.29, 1.82) is 0 Å². The van der Waals surface area contributed by atoms with Gasteiger partial charge in [-0.05, 0) is 36.2 Å². The fraction of sp³-hybridized carbons (Fsp3) is 0.143. The van der Waals surface area contributed by atoms with E-state index in [0.717, 1.165) is 11.3 Å². The zero-order valence-corrected chi connectivity index (χ0v) is 10.4. The van der Waals surface area contributed by atoms with Crippen molar-refractivity contribution in [2.75, 3.05) is 5.73 Å². The minimum atomic E-state index is -0.285. The lowest BCUT2D eigenvalue weighted by Crippen LogP contribution is -1.93. The highest BCUT2D eigenvalue weighted by atomic mass is 32.2. The van der Waals surface area contributed by atoms with E-state index in [9.17, 15) is 4.39 Å². The molecule has 1 nitrogen and oxygen atoms in total. The number of benzene rings is 2. The minimum Gasteiger partial charge on any atom is -0.398 e. The number of anilines is 1. The molecule has 2 rings (SSSR count). The summed E-state index contributed by atoms with van der Waals surface area (Å²) in [7, 11) is 0. The third kappa shape index (κ3) is 3.01. The molecule has 0 saturated heterocycles. The van der Waals surface area contributed by atoms with E-state index in [1.807, 2.05) is 12.1 Å². The van der Waals surface area contributed by atoms with Gasteiger partial charge in [0, 0.05) is 16.3 Å². The van der Waals surface area contributed by atoms with Crippen LogP contribution in [0.4, 0.5) is 10.1 Å². The standard InChI is InChI=1S/C14H14FNS/c1-10-4-2-3-5-14(10)17-9-11-6-7-12(15)8-13(11)16/h2-8H,9,16H2,1H3. The third-order valence-corrected chi connectivity index (χ3v) is 3.81. The molecule has 0 aliphatic carbocycles. The van der Waals surface area contributed by atoms with Gasteiger partial charge in [0.2, 0.25) is 0 Å². The SMILES string of the molecule is Cc1ccccc1SCc1ccc(F)cc1N. The average molecular weight is 247 g/mol. The lowest BCUT2D eigenvalue weighted by atomic mass is 10.2. The fourth-order valence-corrected chi connectivity index (χ4v) is 2.62. The van der Waals surface area contributed by atoms with Crippen LogP contribution in [0.15, 0.2) is 47.4 Å². The highest BCUT2D eigenvalue weighted by Gasteiger charge is 2.03. The molecule has 2 aromatic rings. The van der Waals surface area contributed by atoms with Crippen LogP contribution in [-0.2, 0) is 5.75 Å². The van der Waals surface area contributed by atoms with Gasteiger partial charge in [0.25, 0.3) is 0 Å². The largest absolute Gasteiger partial charge is 0.398 e. The Hall–Kier alpha value is -1.48. The molecule has 2 N–H and O–H groups in total. The molecule has 0 heterocycles. The van der Waals surface area contributed by atoms with E-state index in [4.69, 9.17) is 5.73 Å². The smallest absolute Gasteiger partial charge is 0.125 e. The van der Waals surface area contributed by atoms with Crippen LogP contribution in [0.3, 0.4) is 0 Å². The zero-order chi connectivity index (χ0) is 12.3. The molecular weight excluding hydrogens is 233 g/mol. The molecular formula is C14H14FNS. The summed E-state index contributed by atoms with van der Waals surface area (Å²) in [5, 5.41) is 0. The normalized spacial score (nSPS) is 10.5. The number of hydrogen-bond acceptors (Lipinski definition) is 2. The van der Waals surface area contributed by atoms with Crippen LogP contribution in [0, 0.1) is 12.7 Å². The average Bonchev–Trinajstić information content (AvgIpc) is 2.30. The Morgan fingerprint density at radius 2 is 1.94 bits per heavy atom. The van der Waals surface area contributed by atoms with Crippen molar-refractivity contribution in [2.24, 2.45) is 0 Å². The molecule has 0 aliphatic rings. The quantitative estimate of drug-likeness (QED) is 0.655. The van der Waals surface area contributed by atoms with Crippen LogP contribution in [0.5, 0.6) is 0 Å². The Labute approximate surface area is 105 Å². The van der Waals surface area contributed by atoms with Crippen molar-refractivity contribution in [2.45, 2.75) is 17.6 Å². The van der Waals surface area contributed by atoms with E-state index < -0.39 is 0 Å². The maximum Gasteiger partial charge on any atom is 0.125 e. The van der Waals surface area contributed by atoms with E-state index in [1.165, 1.54) is 22.6 Å². The van der Waals surface area contributed by atoms with Gasteiger partial charge in [0.1, 0.15) is 5.82 Å². The maximum atomic E-state index is 12.9. The molecule has 0 aliphatic heterocycles. The monoisotopic (exact) mass is 247 g/mol. The molecule has 0 saturated carbocycles. The highest BCUT2D eigenvalue weighted by molar-refractivity contribution is 7.98. The first-order valence-corrected chi connectivity index (χ1v) is 6.37. The van der Waals surface area contributed by atoms with E-state index >= 15 is 0 Å². The first-order chi connectivity index (χ1) is 8.16. The Kier molecular flexibility index (Phi) is 3.69. The van der Waals surface area contributed by atoms with Crippen LogP contribution < -0.4 is 5.73 Å². The number of rotatable bonds is 3. The van der Waals surface area contributed by atoms with Gasteiger partial charge in [-0.3, -0.25) is 0 Å². The van der Waals surface area contributed by atoms with Crippen LogP contribution in [0.2, 0.25) is 0 Å². The van der Waals surface area contributed by atoms with Crippen molar-refractivity contribution >= 4 is 17.4 Å². The van der Waals surface area contributed by atoms with Gasteiger partial charge >= 0.3 is 0 Å². The van der Waals surface area contributed by atoms with Gasteiger partial charge in [-0.15, -0.1) is 11.8 Å². The van der Waals surface area contributed by atoms with Crippen molar-refractivity contribution in [3.63, 3.8) is 0 Å². The van der Waals surface area contributed by atoms with Crippen molar-refractivity contribution in [1.82, 2.24) is 0 Å². The molecule has 0 amide bonds. The Bertz CT molecular complexity index is 525. The van der Waals surface area contributed by atoms with Crippen molar-refractivity contribution in [3.05, 3.63) is 59.4 Å². The van der Waals surface area contributed by atoms with Crippen LogP contribution in [0.25, 0.3) is 0 Å². The zero-order valence-electron chi connectivity index (χ0n) is 9.61. The van der Waals surface area contributed by atoms with Gasteiger partial charge < -0.3 is 5.73 Å². The summed E-state index contributed by atoms with van der Waals surface area (Å²) in [5.74, 6) is 0.476. The van der Waals surface area contributed by atoms with Crippen LogP contribution >= 0.6 is 11.8 Å². The van der Waals surface area contributed by atoms with E-state index in [2.05, 4.69) is 19.1 Å².